The second kappa shape index (κ2) is 8.26. The molecule has 3 aliphatic rings. The van der Waals surface area contributed by atoms with E-state index in [-0.39, 0.29) is 24.3 Å². The van der Waals surface area contributed by atoms with Gasteiger partial charge in [0, 0.05) is 17.5 Å². The van der Waals surface area contributed by atoms with Crippen LogP contribution in [0.25, 0.3) is 0 Å². The van der Waals surface area contributed by atoms with Gasteiger partial charge in [0.25, 0.3) is 0 Å². The van der Waals surface area contributed by atoms with Gasteiger partial charge in [-0.05, 0) is 50.5 Å². The van der Waals surface area contributed by atoms with Gasteiger partial charge in [0.05, 0.1) is 36.3 Å². The van der Waals surface area contributed by atoms with E-state index in [4.69, 9.17) is 4.74 Å². The van der Waals surface area contributed by atoms with Crippen LogP contribution in [0.3, 0.4) is 0 Å². The van der Waals surface area contributed by atoms with E-state index in [0.717, 1.165) is 6.42 Å². The van der Waals surface area contributed by atoms with E-state index in [9.17, 15) is 19.5 Å². The highest BCUT2D eigenvalue weighted by Gasteiger charge is 2.77. The van der Waals surface area contributed by atoms with Crippen molar-refractivity contribution in [3.63, 3.8) is 0 Å². The maximum atomic E-state index is 13.8. The van der Waals surface area contributed by atoms with Crippen LogP contribution in [0.5, 0.6) is 5.75 Å². The second-order valence-electron chi connectivity index (χ2n) is 9.05. The van der Waals surface area contributed by atoms with Crippen molar-refractivity contribution < 1.29 is 24.2 Å². The third-order valence-electron chi connectivity index (χ3n) is 7.42. The third kappa shape index (κ3) is 3.20. The highest BCUT2D eigenvalue weighted by atomic mass is 32.2. The Morgan fingerprint density at radius 2 is 1.97 bits per heavy atom. The number of nitrogens with one attached hydrogen (secondary N) is 2. The molecule has 32 heavy (non-hydrogen) atoms. The normalized spacial score (nSPS) is 33.7. The number of benzene rings is 1. The first-order chi connectivity index (χ1) is 15.3. The molecule has 3 N–H and O–H groups in total. The Hall–Kier alpha value is -2.26. The van der Waals surface area contributed by atoms with Gasteiger partial charge in [-0.15, -0.1) is 11.8 Å². The monoisotopic (exact) mass is 461 g/mol. The molecule has 3 aliphatic heterocycles. The minimum absolute atomic E-state index is 0.159. The van der Waals surface area contributed by atoms with Crippen molar-refractivity contribution in [2.75, 3.05) is 26.1 Å². The number of nitrogens with zero attached hydrogens (tertiary/aromatic N) is 1. The molecule has 3 amide bonds. The second-order valence-corrected chi connectivity index (χ2v) is 10.9. The average molecular weight is 462 g/mol. The molecule has 0 aromatic heterocycles. The van der Waals surface area contributed by atoms with Crippen molar-refractivity contribution in [3.8, 4) is 5.75 Å². The van der Waals surface area contributed by atoms with E-state index < -0.39 is 33.4 Å². The van der Waals surface area contributed by atoms with Crippen molar-refractivity contribution in [3.05, 3.63) is 24.3 Å². The number of aliphatic hydroxyl groups excluding tert-OH is 1. The van der Waals surface area contributed by atoms with Crippen LogP contribution < -0.4 is 15.4 Å². The van der Waals surface area contributed by atoms with Gasteiger partial charge in [-0.3, -0.25) is 14.4 Å². The van der Waals surface area contributed by atoms with Crippen LogP contribution in [0, 0.1) is 11.8 Å². The number of rotatable bonds is 7. The maximum absolute atomic E-state index is 13.8. The number of ether oxygens (including phenoxy) is 1. The molecule has 0 aliphatic carbocycles. The zero-order chi connectivity index (χ0) is 23.3. The Morgan fingerprint density at radius 1 is 1.28 bits per heavy atom. The van der Waals surface area contributed by atoms with Crippen LogP contribution in [0.1, 0.15) is 33.1 Å². The molecule has 9 heteroatoms. The fourth-order valence-corrected chi connectivity index (χ4v) is 8.25. The fraction of sp³-hybridized carbons (Fsp3) is 0.609. The number of fused-ring (bicyclic) bond motifs is 1. The molecule has 0 radical (unpaired) electrons. The number of likely N-dealkylation sites (tertiary alicyclic amines) is 1. The number of thioether (sulfide) groups is 1. The third-order valence-corrected chi connectivity index (χ3v) is 9.41. The number of aliphatic hydroxyl groups is 1. The van der Waals surface area contributed by atoms with Gasteiger partial charge >= 0.3 is 0 Å². The Balaban J connectivity index is 1.74. The molecule has 174 valence electrons. The van der Waals surface area contributed by atoms with Gasteiger partial charge in [-0.25, -0.2) is 0 Å². The number of amides is 3. The first-order valence-corrected chi connectivity index (χ1v) is 11.9. The molecular weight excluding hydrogens is 430 g/mol. The summed E-state index contributed by atoms with van der Waals surface area (Å²) in [5.41, 5.74) is 0.603. The van der Waals surface area contributed by atoms with Crippen LogP contribution in [0.4, 0.5) is 5.69 Å². The summed E-state index contributed by atoms with van der Waals surface area (Å²) in [4.78, 5) is 41.9. The van der Waals surface area contributed by atoms with E-state index >= 15 is 0 Å². The fourth-order valence-electron chi connectivity index (χ4n) is 5.91. The SMILES string of the molecule is CC[C@@H](CO)N1C(=O)[C@@H]2[C@@H](C(=O)NC)[C@@]3(C)CCC2(S3)C1C(=O)Nc1ccc(OC)cc1. The lowest BCUT2D eigenvalue weighted by atomic mass is 9.66. The summed E-state index contributed by atoms with van der Waals surface area (Å²) >= 11 is 1.62. The number of hydrogen-bond donors (Lipinski definition) is 3. The van der Waals surface area contributed by atoms with Crippen molar-refractivity contribution in [1.29, 1.82) is 0 Å². The Labute approximate surface area is 192 Å². The van der Waals surface area contributed by atoms with Gasteiger partial charge < -0.3 is 25.4 Å². The predicted octanol–water partition coefficient (Wildman–Crippen LogP) is 1.63. The van der Waals surface area contributed by atoms with Crippen molar-refractivity contribution >= 4 is 35.2 Å². The van der Waals surface area contributed by atoms with E-state index in [1.54, 1.807) is 55.1 Å². The number of carbonyl (C=O) groups is 3. The molecule has 0 saturated carbocycles. The lowest BCUT2D eigenvalue weighted by Gasteiger charge is -2.36. The number of carbonyl (C=O) groups excluding carboxylic acids is 3. The van der Waals surface area contributed by atoms with Crippen LogP contribution in [0.15, 0.2) is 24.3 Å². The van der Waals surface area contributed by atoms with Crippen LogP contribution in [-0.4, -0.2) is 70.1 Å². The Morgan fingerprint density at radius 3 is 2.53 bits per heavy atom. The summed E-state index contributed by atoms with van der Waals surface area (Å²) in [6, 6.07) is 5.78. The highest BCUT2D eigenvalue weighted by molar-refractivity contribution is 8.02. The summed E-state index contributed by atoms with van der Waals surface area (Å²) in [6.07, 6.45) is 1.96. The first kappa shape index (κ1) is 22.9. The van der Waals surface area contributed by atoms with Crippen LogP contribution in [-0.2, 0) is 14.4 Å². The van der Waals surface area contributed by atoms with Crippen molar-refractivity contribution in [1.82, 2.24) is 10.2 Å². The molecule has 4 rings (SSSR count). The van der Waals surface area contributed by atoms with Gasteiger partial charge in [0.1, 0.15) is 11.8 Å². The molecule has 1 aromatic rings. The zero-order valence-corrected chi connectivity index (χ0v) is 19.7. The molecule has 3 saturated heterocycles. The van der Waals surface area contributed by atoms with Crippen LogP contribution in [0.2, 0.25) is 0 Å². The largest absolute Gasteiger partial charge is 0.497 e. The highest BCUT2D eigenvalue weighted by Crippen LogP contribution is 2.71. The first-order valence-electron chi connectivity index (χ1n) is 11.1. The van der Waals surface area contributed by atoms with E-state index in [0.29, 0.717) is 24.3 Å². The maximum Gasteiger partial charge on any atom is 0.248 e. The lowest BCUT2D eigenvalue weighted by molar-refractivity contribution is -0.142. The minimum Gasteiger partial charge on any atom is -0.497 e. The van der Waals surface area contributed by atoms with Gasteiger partial charge in [-0.1, -0.05) is 6.92 Å². The number of anilines is 1. The number of hydrogen-bond acceptors (Lipinski definition) is 6. The molecule has 2 unspecified atom stereocenters. The Bertz CT molecular complexity index is 921. The Kier molecular flexibility index (Phi) is 5.92. The topological polar surface area (TPSA) is 108 Å². The standard InChI is InChI=1S/C23H31N3O5S/c1-5-14(12-27)26-18(20(29)25-13-6-8-15(31-4)9-7-13)23-11-10-22(2,32-23)16(19(28)24-3)17(23)21(26)30/h6-9,14,16-18,27H,5,10-12H2,1-4H3,(H,24,28)(H,25,29)/t14-,16-,17-,18?,22+,23?/m0/s1. The minimum atomic E-state index is -0.763. The smallest absolute Gasteiger partial charge is 0.248 e. The summed E-state index contributed by atoms with van der Waals surface area (Å²) < 4.78 is 4.09. The van der Waals surface area contributed by atoms with Crippen LogP contribution >= 0.6 is 11.8 Å². The molecule has 3 heterocycles. The van der Waals surface area contributed by atoms with Crippen molar-refractivity contribution in [2.24, 2.45) is 11.8 Å². The zero-order valence-electron chi connectivity index (χ0n) is 18.9. The molecule has 3 fully saturated rings. The van der Waals surface area contributed by atoms with E-state index in [1.807, 2.05) is 13.8 Å². The summed E-state index contributed by atoms with van der Waals surface area (Å²) in [6.45, 7) is 3.69. The number of methoxy groups -OCH3 is 1. The molecule has 8 nitrogen and oxygen atoms in total. The molecular formula is C23H31N3O5S. The van der Waals surface area contributed by atoms with Gasteiger partial charge in [0.15, 0.2) is 0 Å². The molecule has 6 atom stereocenters. The lowest BCUT2D eigenvalue weighted by Crippen LogP contribution is -2.54. The quantitative estimate of drug-likeness (QED) is 0.570. The van der Waals surface area contributed by atoms with Gasteiger partial charge in [-0.2, -0.15) is 0 Å². The molecule has 2 bridgehead atoms. The van der Waals surface area contributed by atoms with E-state index in [1.165, 1.54) is 0 Å². The average Bonchev–Trinajstić information content (AvgIpc) is 3.36. The van der Waals surface area contributed by atoms with Crippen molar-refractivity contribution in [2.45, 2.75) is 54.7 Å². The summed E-state index contributed by atoms with van der Waals surface area (Å²) in [5.74, 6) is -1.06. The van der Waals surface area contributed by atoms with Gasteiger partial charge in [0.2, 0.25) is 17.7 Å². The molecule has 1 aromatic carbocycles. The summed E-state index contributed by atoms with van der Waals surface area (Å²) in [7, 11) is 3.16. The predicted molar refractivity (Wildman–Crippen MR) is 122 cm³/mol. The summed E-state index contributed by atoms with van der Waals surface area (Å²) in [5, 5.41) is 15.7. The molecule has 1 spiro atoms. The van der Waals surface area contributed by atoms with E-state index in [2.05, 4.69) is 10.6 Å².